The summed E-state index contributed by atoms with van der Waals surface area (Å²) < 4.78 is 1.85. The highest BCUT2D eigenvalue weighted by Gasteiger charge is 2.11. The molecule has 3 nitrogen and oxygen atoms in total. The van der Waals surface area contributed by atoms with Gasteiger partial charge in [0, 0.05) is 24.2 Å². The summed E-state index contributed by atoms with van der Waals surface area (Å²) in [5, 5.41) is 15.3. The Morgan fingerprint density at radius 2 is 1.95 bits per heavy atom. The lowest BCUT2D eigenvalue weighted by molar-refractivity contribution is 0.173. The number of benzene rings is 1. The molecule has 1 aromatic carbocycles. The molecule has 1 aromatic heterocycles. The van der Waals surface area contributed by atoms with Crippen LogP contribution in [-0.4, -0.2) is 21.0 Å². The zero-order valence-electron chi connectivity index (χ0n) is 11.3. The molecule has 0 saturated heterocycles. The van der Waals surface area contributed by atoms with Crippen LogP contribution in [0.2, 0.25) is 5.02 Å². The van der Waals surface area contributed by atoms with Crippen molar-refractivity contribution in [2.24, 2.45) is 7.05 Å². The maximum atomic E-state index is 10.2. The van der Waals surface area contributed by atoms with E-state index in [0.717, 1.165) is 28.4 Å². The second kappa shape index (κ2) is 6.22. The minimum Gasteiger partial charge on any atom is -0.392 e. The highest BCUT2D eigenvalue weighted by Crippen LogP contribution is 2.13. The molecule has 0 aliphatic rings. The van der Waals surface area contributed by atoms with Gasteiger partial charge < -0.3 is 5.11 Å². The van der Waals surface area contributed by atoms with Gasteiger partial charge in [-0.15, -0.1) is 0 Å². The molecule has 102 valence electrons. The molecule has 2 rings (SSSR count). The number of rotatable bonds is 5. The van der Waals surface area contributed by atoms with Gasteiger partial charge in [0.2, 0.25) is 0 Å². The summed E-state index contributed by atoms with van der Waals surface area (Å²) in [6.45, 7) is 2.08. The van der Waals surface area contributed by atoms with E-state index < -0.39 is 6.10 Å². The molecule has 0 amide bonds. The summed E-state index contributed by atoms with van der Waals surface area (Å²) in [6, 6.07) is 9.66. The fourth-order valence-electron chi connectivity index (χ4n) is 2.14. The van der Waals surface area contributed by atoms with Crippen molar-refractivity contribution in [3.05, 3.63) is 52.3 Å². The van der Waals surface area contributed by atoms with E-state index in [1.54, 1.807) is 0 Å². The van der Waals surface area contributed by atoms with Gasteiger partial charge in [-0.3, -0.25) is 4.68 Å². The second-order valence-electron chi connectivity index (χ2n) is 4.79. The fourth-order valence-corrected chi connectivity index (χ4v) is 2.27. The van der Waals surface area contributed by atoms with Crippen LogP contribution in [0, 0.1) is 0 Å². The van der Waals surface area contributed by atoms with E-state index in [-0.39, 0.29) is 0 Å². The largest absolute Gasteiger partial charge is 0.392 e. The van der Waals surface area contributed by atoms with Crippen molar-refractivity contribution in [2.45, 2.75) is 32.3 Å². The van der Waals surface area contributed by atoms with E-state index in [0.29, 0.717) is 12.8 Å². The van der Waals surface area contributed by atoms with Gasteiger partial charge in [0.15, 0.2) is 0 Å². The smallest absolute Gasteiger partial charge is 0.0635 e. The average Bonchev–Trinajstić information content (AvgIpc) is 2.73. The van der Waals surface area contributed by atoms with E-state index in [1.807, 2.05) is 36.0 Å². The maximum absolute atomic E-state index is 10.2. The predicted molar refractivity (Wildman–Crippen MR) is 77.5 cm³/mol. The van der Waals surface area contributed by atoms with Crippen LogP contribution in [0.5, 0.6) is 0 Å². The number of aliphatic hydroxyl groups excluding tert-OH is 1. The van der Waals surface area contributed by atoms with Crippen molar-refractivity contribution >= 4 is 11.6 Å². The van der Waals surface area contributed by atoms with Crippen molar-refractivity contribution in [1.82, 2.24) is 9.78 Å². The van der Waals surface area contributed by atoms with Crippen LogP contribution in [0.1, 0.15) is 23.9 Å². The summed E-state index contributed by atoms with van der Waals surface area (Å²) >= 11 is 5.84. The standard InChI is InChI=1S/C15H19ClN2O/c1-3-13-9-14(18(2)17-13)10-15(19)8-11-4-6-12(16)7-5-11/h4-7,9,15,19H,3,8,10H2,1-2H3. The van der Waals surface area contributed by atoms with Gasteiger partial charge >= 0.3 is 0 Å². The maximum Gasteiger partial charge on any atom is 0.0635 e. The number of hydrogen-bond donors (Lipinski definition) is 1. The van der Waals surface area contributed by atoms with Gasteiger partial charge in [-0.2, -0.15) is 5.10 Å². The zero-order valence-corrected chi connectivity index (χ0v) is 12.1. The fraction of sp³-hybridized carbons (Fsp3) is 0.400. The first-order valence-corrected chi connectivity index (χ1v) is 6.90. The van der Waals surface area contributed by atoms with Crippen molar-refractivity contribution in [2.75, 3.05) is 0 Å². The molecule has 0 aliphatic carbocycles. The van der Waals surface area contributed by atoms with E-state index in [1.165, 1.54) is 0 Å². The Morgan fingerprint density at radius 1 is 1.26 bits per heavy atom. The predicted octanol–water partition coefficient (Wildman–Crippen LogP) is 2.78. The molecule has 0 bridgehead atoms. The number of aliphatic hydroxyl groups is 1. The first-order chi connectivity index (χ1) is 9.08. The summed E-state index contributed by atoms with van der Waals surface area (Å²) in [7, 11) is 1.92. The Hall–Kier alpha value is -1.32. The zero-order chi connectivity index (χ0) is 13.8. The van der Waals surface area contributed by atoms with Gasteiger partial charge in [0.1, 0.15) is 0 Å². The number of hydrogen-bond acceptors (Lipinski definition) is 2. The monoisotopic (exact) mass is 278 g/mol. The molecule has 1 N–H and O–H groups in total. The van der Waals surface area contributed by atoms with Crippen LogP contribution in [0.4, 0.5) is 0 Å². The molecule has 0 radical (unpaired) electrons. The van der Waals surface area contributed by atoms with Gasteiger partial charge in [0.25, 0.3) is 0 Å². The third-order valence-electron chi connectivity index (χ3n) is 3.22. The highest BCUT2D eigenvalue weighted by atomic mass is 35.5. The SMILES string of the molecule is CCc1cc(CC(O)Cc2ccc(Cl)cc2)n(C)n1. The molecule has 2 aromatic rings. The van der Waals surface area contributed by atoms with Crippen LogP contribution in [0.15, 0.2) is 30.3 Å². The van der Waals surface area contributed by atoms with Crippen LogP contribution in [0.3, 0.4) is 0 Å². The summed E-state index contributed by atoms with van der Waals surface area (Å²) in [5.74, 6) is 0. The van der Waals surface area contributed by atoms with Crippen LogP contribution in [-0.2, 0) is 26.3 Å². The Bertz CT molecular complexity index is 534. The average molecular weight is 279 g/mol. The molecule has 1 unspecified atom stereocenters. The van der Waals surface area contributed by atoms with Gasteiger partial charge in [-0.05, 0) is 36.6 Å². The van der Waals surface area contributed by atoms with Gasteiger partial charge in [0.05, 0.1) is 11.8 Å². The molecule has 19 heavy (non-hydrogen) atoms. The van der Waals surface area contributed by atoms with Crippen LogP contribution >= 0.6 is 11.6 Å². The first kappa shape index (κ1) is 14.1. The molecule has 4 heteroatoms. The summed E-state index contributed by atoms with van der Waals surface area (Å²) in [5.41, 5.74) is 3.23. The Balaban J connectivity index is 1.98. The number of halogens is 1. The lowest BCUT2D eigenvalue weighted by atomic mass is 10.0. The minimum atomic E-state index is -0.402. The lowest BCUT2D eigenvalue weighted by Crippen LogP contribution is -2.16. The third-order valence-corrected chi connectivity index (χ3v) is 3.47. The second-order valence-corrected chi connectivity index (χ2v) is 5.23. The van der Waals surface area contributed by atoms with Crippen LogP contribution < -0.4 is 0 Å². The summed E-state index contributed by atoms with van der Waals surface area (Å²) in [4.78, 5) is 0. The van der Waals surface area contributed by atoms with E-state index in [4.69, 9.17) is 11.6 Å². The first-order valence-electron chi connectivity index (χ1n) is 6.52. The number of aryl methyl sites for hydroxylation is 2. The van der Waals surface area contributed by atoms with Crippen molar-refractivity contribution in [1.29, 1.82) is 0 Å². The van der Waals surface area contributed by atoms with E-state index in [2.05, 4.69) is 18.1 Å². The molecule has 0 aliphatic heterocycles. The minimum absolute atomic E-state index is 0.402. The third kappa shape index (κ3) is 3.82. The molecule has 0 fully saturated rings. The molecule has 0 spiro atoms. The number of aromatic nitrogens is 2. The van der Waals surface area contributed by atoms with Gasteiger partial charge in [-0.1, -0.05) is 30.7 Å². The van der Waals surface area contributed by atoms with E-state index in [9.17, 15) is 5.11 Å². The summed E-state index contributed by atoms with van der Waals surface area (Å²) in [6.07, 6.45) is 1.76. The highest BCUT2D eigenvalue weighted by molar-refractivity contribution is 6.30. The van der Waals surface area contributed by atoms with E-state index >= 15 is 0 Å². The van der Waals surface area contributed by atoms with Crippen molar-refractivity contribution in [3.8, 4) is 0 Å². The van der Waals surface area contributed by atoms with Crippen LogP contribution in [0.25, 0.3) is 0 Å². The number of nitrogens with zero attached hydrogens (tertiary/aromatic N) is 2. The van der Waals surface area contributed by atoms with Gasteiger partial charge in [-0.25, -0.2) is 0 Å². The molecule has 1 heterocycles. The Labute approximate surface area is 118 Å². The molecular weight excluding hydrogens is 260 g/mol. The topological polar surface area (TPSA) is 38.0 Å². The quantitative estimate of drug-likeness (QED) is 0.913. The van der Waals surface area contributed by atoms with Crippen molar-refractivity contribution < 1.29 is 5.11 Å². The molecule has 1 atom stereocenters. The molecule has 0 saturated carbocycles. The molecular formula is C15H19ClN2O. The van der Waals surface area contributed by atoms with Crippen molar-refractivity contribution in [3.63, 3.8) is 0 Å². The lowest BCUT2D eigenvalue weighted by Gasteiger charge is -2.10. The Morgan fingerprint density at radius 3 is 2.53 bits per heavy atom. The normalized spacial score (nSPS) is 12.6. The Kier molecular flexibility index (Phi) is 4.61.